The summed E-state index contributed by atoms with van der Waals surface area (Å²) in [5.74, 6) is -0.391. The molecule has 1 heterocycles. The Labute approximate surface area is 128 Å². The molecule has 5 nitrogen and oxygen atoms in total. The number of benzene rings is 1. The Balaban J connectivity index is 1.68. The first-order valence-electron chi connectivity index (χ1n) is 7.50. The van der Waals surface area contributed by atoms with Gasteiger partial charge >= 0.3 is 0 Å². The minimum atomic E-state index is -0.202. The van der Waals surface area contributed by atoms with E-state index in [1.807, 2.05) is 0 Å². The summed E-state index contributed by atoms with van der Waals surface area (Å²) < 4.78 is 0. The van der Waals surface area contributed by atoms with Crippen LogP contribution in [0.15, 0.2) is 36.4 Å². The van der Waals surface area contributed by atoms with Gasteiger partial charge in [-0.2, -0.15) is 0 Å². The van der Waals surface area contributed by atoms with Gasteiger partial charge in [0.2, 0.25) is 17.7 Å². The highest BCUT2D eigenvalue weighted by Gasteiger charge is 2.59. The quantitative estimate of drug-likeness (QED) is 0.670. The van der Waals surface area contributed by atoms with E-state index in [-0.39, 0.29) is 41.4 Å². The molecule has 1 saturated heterocycles. The molecule has 0 spiro atoms. The fourth-order valence-corrected chi connectivity index (χ4v) is 4.08. The lowest BCUT2D eigenvalue weighted by atomic mass is 9.85. The van der Waals surface area contributed by atoms with Gasteiger partial charge in [-0.05, 0) is 36.5 Å². The van der Waals surface area contributed by atoms with E-state index in [9.17, 15) is 14.4 Å². The fourth-order valence-electron chi connectivity index (χ4n) is 4.08. The van der Waals surface area contributed by atoms with Crippen molar-refractivity contribution in [2.24, 2.45) is 23.7 Å². The summed E-state index contributed by atoms with van der Waals surface area (Å²) in [7, 11) is 0. The molecule has 0 radical (unpaired) electrons. The molecule has 3 amide bonds. The van der Waals surface area contributed by atoms with Crippen molar-refractivity contribution in [1.82, 2.24) is 0 Å². The second kappa shape index (κ2) is 4.53. The summed E-state index contributed by atoms with van der Waals surface area (Å²) in [5.41, 5.74) is 1.12. The SMILES string of the molecule is CC(=O)Nc1cccc(N2C(=O)[C@@H]3[C@@H](C2=O)[C@@H]2C=C[C@@H]3C2)c1. The highest BCUT2D eigenvalue weighted by Crippen LogP contribution is 2.53. The van der Waals surface area contributed by atoms with Crippen molar-refractivity contribution in [3.05, 3.63) is 36.4 Å². The number of hydrogen-bond donors (Lipinski definition) is 1. The third-order valence-electron chi connectivity index (χ3n) is 4.90. The van der Waals surface area contributed by atoms with Crippen molar-refractivity contribution >= 4 is 29.1 Å². The average Bonchev–Trinajstić information content (AvgIpc) is 3.12. The number of carbonyl (C=O) groups is 3. The van der Waals surface area contributed by atoms with Crippen molar-refractivity contribution in [2.75, 3.05) is 10.2 Å². The molecule has 1 saturated carbocycles. The highest BCUT2D eigenvalue weighted by atomic mass is 16.2. The second-order valence-corrected chi connectivity index (χ2v) is 6.24. The molecule has 0 unspecified atom stereocenters. The lowest BCUT2D eigenvalue weighted by molar-refractivity contribution is -0.123. The van der Waals surface area contributed by atoms with Gasteiger partial charge in [-0.3, -0.25) is 14.4 Å². The number of nitrogens with zero attached hydrogens (tertiary/aromatic N) is 1. The molecule has 4 atom stereocenters. The van der Waals surface area contributed by atoms with E-state index in [1.54, 1.807) is 24.3 Å². The molecule has 22 heavy (non-hydrogen) atoms. The average molecular weight is 296 g/mol. The minimum absolute atomic E-state index is 0.105. The standard InChI is InChI=1S/C17H16N2O3/c1-9(20)18-12-3-2-4-13(8-12)19-16(21)14-10-5-6-11(7-10)15(14)17(19)22/h2-6,8,10-11,14-15H,7H2,1H3,(H,18,20)/t10-,11-,14+,15+/m1/s1. The molecule has 0 aromatic heterocycles. The van der Waals surface area contributed by atoms with Crippen molar-refractivity contribution in [3.63, 3.8) is 0 Å². The molecule has 2 aliphatic carbocycles. The maximum atomic E-state index is 12.7. The van der Waals surface area contributed by atoms with Crippen LogP contribution in [-0.2, 0) is 14.4 Å². The number of rotatable bonds is 2. The highest BCUT2D eigenvalue weighted by molar-refractivity contribution is 6.23. The topological polar surface area (TPSA) is 66.5 Å². The van der Waals surface area contributed by atoms with E-state index < -0.39 is 0 Å². The van der Waals surface area contributed by atoms with Crippen LogP contribution in [0, 0.1) is 23.7 Å². The molecule has 3 aliphatic rings. The monoisotopic (exact) mass is 296 g/mol. The Kier molecular flexibility index (Phi) is 2.73. The van der Waals surface area contributed by atoms with Crippen LogP contribution < -0.4 is 10.2 Å². The number of hydrogen-bond acceptors (Lipinski definition) is 3. The van der Waals surface area contributed by atoms with Crippen LogP contribution in [0.4, 0.5) is 11.4 Å². The molecule has 2 bridgehead atoms. The fraction of sp³-hybridized carbons (Fsp3) is 0.353. The van der Waals surface area contributed by atoms with Crippen molar-refractivity contribution in [1.29, 1.82) is 0 Å². The van der Waals surface area contributed by atoms with Crippen LogP contribution in [0.5, 0.6) is 0 Å². The maximum Gasteiger partial charge on any atom is 0.238 e. The van der Waals surface area contributed by atoms with E-state index in [1.165, 1.54) is 11.8 Å². The number of allylic oxidation sites excluding steroid dienone is 2. The van der Waals surface area contributed by atoms with E-state index in [4.69, 9.17) is 0 Å². The minimum Gasteiger partial charge on any atom is -0.326 e. The van der Waals surface area contributed by atoms with Crippen LogP contribution in [0.3, 0.4) is 0 Å². The van der Waals surface area contributed by atoms with Gasteiger partial charge in [-0.1, -0.05) is 18.2 Å². The largest absolute Gasteiger partial charge is 0.326 e. The maximum absolute atomic E-state index is 12.7. The van der Waals surface area contributed by atoms with E-state index in [0.717, 1.165) is 6.42 Å². The van der Waals surface area contributed by atoms with E-state index in [2.05, 4.69) is 17.5 Å². The van der Waals surface area contributed by atoms with Crippen LogP contribution >= 0.6 is 0 Å². The summed E-state index contributed by atoms with van der Waals surface area (Å²) >= 11 is 0. The zero-order chi connectivity index (χ0) is 15.4. The molecule has 1 N–H and O–H groups in total. The Morgan fingerprint density at radius 1 is 1.14 bits per heavy atom. The number of anilines is 2. The van der Waals surface area contributed by atoms with Crippen molar-refractivity contribution in [3.8, 4) is 0 Å². The van der Waals surface area contributed by atoms with Gasteiger partial charge in [0.1, 0.15) is 0 Å². The zero-order valence-electron chi connectivity index (χ0n) is 12.2. The van der Waals surface area contributed by atoms with Gasteiger partial charge in [-0.25, -0.2) is 4.90 Å². The number of amides is 3. The molecule has 5 heteroatoms. The molecule has 112 valence electrons. The first-order chi connectivity index (χ1) is 10.6. The lowest BCUT2D eigenvalue weighted by Gasteiger charge is -2.18. The smallest absolute Gasteiger partial charge is 0.238 e. The van der Waals surface area contributed by atoms with Gasteiger partial charge in [0.15, 0.2) is 0 Å². The van der Waals surface area contributed by atoms with Crippen LogP contribution in [-0.4, -0.2) is 17.7 Å². The third kappa shape index (κ3) is 1.75. The third-order valence-corrected chi connectivity index (χ3v) is 4.90. The zero-order valence-corrected chi connectivity index (χ0v) is 12.2. The lowest BCUT2D eigenvalue weighted by Crippen LogP contribution is -2.32. The Bertz CT molecular complexity index is 694. The van der Waals surface area contributed by atoms with Gasteiger partial charge in [-0.15, -0.1) is 0 Å². The van der Waals surface area contributed by atoms with Gasteiger partial charge in [0.25, 0.3) is 0 Å². The Morgan fingerprint density at radius 2 is 1.77 bits per heavy atom. The first kappa shape index (κ1) is 13.2. The molecule has 1 aliphatic heterocycles. The number of fused-ring (bicyclic) bond motifs is 5. The van der Waals surface area contributed by atoms with Crippen molar-refractivity contribution in [2.45, 2.75) is 13.3 Å². The van der Waals surface area contributed by atoms with Gasteiger partial charge < -0.3 is 5.32 Å². The Hall–Kier alpha value is -2.43. The molecule has 4 rings (SSSR count). The summed E-state index contributed by atoms with van der Waals surface area (Å²) in [6.45, 7) is 1.42. The summed E-state index contributed by atoms with van der Waals surface area (Å²) in [5, 5.41) is 2.68. The normalized spacial score (nSPS) is 31.8. The predicted octanol–water partition coefficient (Wildman–Crippen LogP) is 1.96. The second-order valence-electron chi connectivity index (χ2n) is 6.24. The van der Waals surface area contributed by atoms with Gasteiger partial charge in [0, 0.05) is 12.6 Å². The van der Waals surface area contributed by atoms with Crippen molar-refractivity contribution < 1.29 is 14.4 Å². The summed E-state index contributed by atoms with van der Waals surface area (Å²) in [6, 6.07) is 6.88. The molecular formula is C17H16N2O3. The number of nitrogens with one attached hydrogen (secondary N) is 1. The molecular weight excluding hydrogens is 280 g/mol. The molecule has 1 aromatic carbocycles. The van der Waals surface area contributed by atoms with Crippen LogP contribution in [0.1, 0.15) is 13.3 Å². The summed E-state index contributed by atoms with van der Waals surface area (Å²) in [6.07, 6.45) is 5.08. The number of carbonyl (C=O) groups excluding carboxylic acids is 3. The van der Waals surface area contributed by atoms with E-state index in [0.29, 0.717) is 11.4 Å². The number of imide groups is 1. The van der Waals surface area contributed by atoms with E-state index >= 15 is 0 Å². The van der Waals surface area contributed by atoms with Crippen LogP contribution in [0.25, 0.3) is 0 Å². The molecule has 2 fully saturated rings. The van der Waals surface area contributed by atoms with Gasteiger partial charge in [0.05, 0.1) is 17.5 Å². The Morgan fingerprint density at radius 3 is 2.36 bits per heavy atom. The predicted molar refractivity (Wildman–Crippen MR) is 81.0 cm³/mol. The molecule has 1 aromatic rings. The first-order valence-corrected chi connectivity index (χ1v) is 7.50. The summed E-state index contributed by atoms with van der Waals surface area (Å²) in [4.78, 5) is 37.9. The van der Waals surface area contributed by atoms with Crippen LogP contribution in [0.2, 0.25) is 0 Å².